The Morgan fingerprint density at radius 3 is 3.00 bits per heavy atom. The van der Waals surface area contributed by atoms with Crippen molar-refractivity contribution in [1.29, 1.82) is 0 Å². The molecular weight excluding hydrogens is 265 g/mol. The topological polar surface area (TPSA) is 29.9 Å². The van der Waals surface area contributed by atoms with E-state index in [0.29, 0.717) is 5.92 Å². The van der Waals surface area contributed by atoms with Crippen LogP contribution in [0.4, 0.5) is 0 Å². The third kappa shape index (κ3) is 3.10. The van der Waals surface area contributed by atoms with E-state index < -0.39 is 0 Å². The summed E-state index contributed by atoms with van der Waals surface area (Å²) < 4.78 is 3.19. The number of aromatic nitrogens is 2. The highest BCUT2D eigenvalue weighted by molar-refractivity contribution is 14.1. The first-order valence-corrected chi connectivity index (χ1v) is 5.13. The minimum Gasteiger partial charge on any atom is -0.319 e. The molecule has 0 saturated heterocycles. The van der Waals surface area contributed by atoms with Gasteiger partial charge in [0, 0.05) is 12.7 Å². The number of nitrogens with one attached hydrogen (secondary N) is 1. The predicted octanol–water partition coefficient (Wildman–Crippen LogP) is 1.34. The number of halogens is 1. The molecule has 0 bridgehead atoms. The largest absolute Gasteiger partial charge is 0.319 e. The maximum atomic E-state index is 4.22. The summed E-state index contributed by atoms with van der Waals surface area (Å²) >= 11 is 2.27. The molecule has 1 N–H and O–H groups in total. The number of rotatable bonds is 4. The Balaban J connectivity index is 2.41. The quantitative estimate of drug-likeness (QED) is 0.843. The van der Waals surface area contributed by atoms with Gasteiger partial charge in [-0.1, -0.05) is 6.92 Å². The molecule has 4 heteroatoms. The monoisotopic (exact) mass is 279 g/mol. The first-order valence-electron chi connectivity index (χ1n) is 4.05. The molecule has 68 valence electrons. The van der Waals surface area contributed by atoms with E-state index in [-0.39, 0.29) is 0 Å². The van der Waals surface area contributed by atoms with Crippen LogP contribution in [0, 0.1) is 9.49 Å². The van der Waals surface area contributed by atoms with Gasteiger partial charge in [-0.15, -0.1) is 0 Å². The van der Waals surface area contributed by atoms with Crippen LogP contribution >= 0.6 is 22.6 Å². The highest BCUT2D eigenvalue weighted by atomic mass is 127. The molecule has 3 nitrogen and oxygen atoms in total. The summed E-state index contributed by atoms with van der Waals surface area (Å²) in [6, 6.07) is 0. The molecule has 0 amide bonds. The Hall–Kier alpha value is -0.100. The van der Waals surface area contributed by atoms with Crippen LogP contribution < -0.4 is 5.32 Å². The summed E-state index contributed by atoms with van der Waals surface area (Å²) in [6.45, 7) is 4.24. The van der Waals surface area contributed by atoms with Crippen molar-refractivity contribution in [2.75, 3.05) is 13.6 Å². The molecule has 12 heavy (non-hydrogen) atoms. The molecule has 1 aromatic rings. The van der Waals surface area contributed by atoms with Crippen LogP contribution in [0.5, 0.6) is 0 Å². The molecule has 0 fully saturated rings. The van der Waals surface area contributed by atoms with Gasteiger partial charge in [0.1, 0.15) is 0 Å². The molecule has 0 saturated carbocycles. The van der Waals surface area contributed by atoms with Crippen molar-refractivity contribution < 1.29 is 0 Å². The van der Waals surface area contributed by atoms with E-state index in [1.807, 2.05) is 17.9 Å². The first kappa shape index (κ1) is 9.98. The van der Waals surface area contributed by atoms with Gasteiger partial charge in [-0.25, -0.2) is 0 Å². The van der Waals surface area contributed by atoms with Gasteiger partial charge < -0.3 is 5.32 Å². The van der Waals surface area contributed by atoms with E-state index in [1.54, 1.807) is 0 Å². The Morgan fingerprint density at radius 2 is 2.50 bits per heavy atom. The third-order valence-corrected chi connectivity index (χ3v) is 2.21. The number of hydrogen-bond donors (Lipinski definition) is 1. The fourth-order valence-electron chi connectivity index (χ4n) is 1.17. The van der Waals surface area contributed by atoms with E-state index in [2.05, 4.69) is 46.1 Å². The second-order valence-electron chi connectivity index (χ2n) is 3.04. The van der Waals surface area contributed by atoms with Crippen LogP contribution in [0.1, 0.15) is 6.92 Å². The van der Waals surface area contributed by atoms with Crippen molar-refractivity contribution in [3.05, 3.63) is 16.0 Å². The van der Waals surface area contributed by atoms with Crippen molar-refractivity contribution in [1.82, 2.24) is 15.1 Å². The molecule has 1 unspecified atom stereocenters. The zero-order valence-corrected chi connectivity index (χ0v) is 9.58. The third-order valence-electron chi connectivity index (χ3n) is 1.65. The van der Waals surface area contributed by atoms with E-state index in [9.17, 15) is 0 Å². The summed E-state index contributed by atoms with van der Waals surface area (Å²) in [4.78, 5) is 0. The van der Waals surface area contributed by atoms with Gasteiger partial charge in [-0.05, 0) is 42.1 Å². The highest BCUT2D eigenvalue weighted by Crippen LogP contribution is 2.03. The maximum Gasteiger partial charge on any atom is 0.0623 e. The molecule has 1 rings (SSSR count). The summed E-state index contributed by atoms with van der Waals surface area (Å²) in [5, 5.41) is 7.37. The summed E-state index contributed by atoms with van der Waals surface area (Å²) in [6.07, 6.45) is 3.94. The SMILES string of the molecule is CNCC(C)Cn1cc(I)cn1. The molecule has 0 aliphatic rings. The van der Waals surface area contributed by atoms with Crippen LogP contribution in [0.15, 0.2) is 12.4 Å². The molecule has 1 aromatic heterocycles. The molecule has 1 heterocycles. The van der Waals surface area contributed by atoms with Crippen molar-refractivity contribution in [3.63, 3.8) is 0 Å². The van der Waals surface area contributed by atoms with E-state index in [4.69, 9.17) is 0 Å². The van der Waals surface area contributed by atoms with Crippen LogP contribution in [0.2, 0.25) is 0 Å². The number of hydrogen-bond acceptors (Lipinski definition) is 2. The lowest BCUT2D eigenvalue weighted by Gasteiger charge is -2.09. The Morgan fingerprint density at radius 1 is 1.75 bits per heavy atom. The van der Waals surface area contributed by atoms with Gasteiger partial charge in [0.25, 0.3) is 0 Å². The lowest BCUT2D eigenvalue weighted by Crippen LogP contribution is -2.20. The minimum atomic E-state index is 0.630. The fraction of sp³-hybridized carbons (Fsp3) is 0.625. The lowest BCUT2D eigenvalue weighted by atomic mass is 10.2. The van der Waals surface area contributed by atoms with Crippen LogP contribution in [0.3, 0.4) is 0 Å². The molecule has 0 spiro atoms. The van der Waals surface area contributed by atoms with Gasteiger partial charge in [-0.3, -0.25) is 4.68 Å². The second kappa shape index (κ2) is 4.81. The van der Waals surface area contributed by atoms with Crippen LogP contribution in [0.25, 0.3) is 0 Å². The van der Waals surface area contributed by atoms with E-state index in [1.165, 1.54) is 3.57 Å². The average Bonchev–Trinajstić information content (AvgIpc) is 2.36. The Kier molecular flexibility index (Phi) is 4.00. The number of nitrogens with zero attached hydrogens (tertiary/aromatic N) is 2. The van der Waals surface area contributed by atoms with Crippen molar-refractivity contribution >= 4 is 22.6 Å². The zero-order valence-electron chi connectivity index (χ0n) is 7.42. The van der Waals surface area contributed by atoms with Gasteiger partial charge in [0.15, 0.2) is 0 Å². The summed E-state index contributed by atoms with van der Waals surface area (Å²) in [5.41, 5.74) is 0. The highest BCUT2D eigenvalue weighted by Gasteiger charge is 2.02. The standard InChI is InChI=1S/C8H14IN3/c1-7(3-10-2)5-12-6-8(9)4-11-12/h4,6-7,10H,3,5H2,1-2H3. The summed E-state index contributed by atoms with van der Waals surface area (Å²) in [7, 11) is 1.98. The van der Waals surface area contributed by atoms with Crippen LogP contribution in [-0.2, 0) is 6.54 Å². The van der Waals surface area contributed by atoms with Gasteiger partial charge in [0.05, 0.1) is 9.77 Å². The smallest absolute Gasteiger partial charge is 0.0623 e. The van der Waals surface area contributed by atoms with E-state index >= 15 is 0 Å². The Bertz CT molecular complexity index is 234. The molecular formula is C8H14IN3. The molecule has 0 aromatic carbocycles. The van der Waals surface area contributed by atoms with E-state index in [0.717, 1.165) is 13.1 Å². The average molecular weight is 279 g/mol. The molecule has 1 atom stereocenters. The first-order chi connectivity index (χ1) is 5.72. The zero-order chi connectivity index (χ0) is 8.97. The second-order valence-corrected chi connectivity index (χ2v) is 4.29. The van der Waals surface area contributed by atoms with Crippen molar-refractivity contribution in [3.8, 4) is 0 Å². The maximum absolute atomic E-state index is 4.22. The fourth-order valence-corrected chi connectivity index (χ4v) is 1.62. The van der Waals surface area contributed by atoms with Crippen molar-refractivity contribution in [2.45, 2.75) is 13.5 Å². The summed E-state index contributed by atoms with van der Waals surface area (Å²) in [5.74, 6) is 0.630. The Labute approximate surface area is 86.7 Å². The molecule has 0 aliphatic carbocycles. The van der Waals surface area contributed by atoms with Gasteiger partial charge in [0.2, 0.25) is 0 Å². The normalized spacial score (nSPS) is 13.2. The van der Waals surface area contributed by atoms with Crippen molar-refractivity contribution in [2.24, 2.45) is 5.92 Å². The van der Waals surface area contributed by atoms with Gasteiger partial charge in [-0.2, -0.15) is 5.10 Å². The molecule has 0 radical (unpaired) electrons. The lowest BCUT2D eigenvalue weighted by molar-refractivity contribution is 0.435. The van der Waals surface area contributed by atoms with Crippen LogP contribution in [-0.4, -0.2) is 23.4 Å². The molecule has 0 aliphatic heterocycles. The van der Waals surface area contributed by atoms with Gasteiger partial charge >= 0.3 is 0 Å². The minimum absolute atomic E-state index is 0.630. The predicted molar refractivity (Wildman–Crippen MR) is 58.0 cm³/mol.